The molecule has 0 radical (unpaired) electrons. The van der Waals surface area contributed by atoms with Crippen LogP contribution in [0.25, 0.3) is 10.2 Å². The Labute approximate surface area is 187 Å². The molecule has 0 N–H and O–H groups in total. The molecule has 0 aliphatic rings. The van der Waals surface area contributed by atoms with Crippen LogP contribution in [0.4, 0.5) is 4.39 Å². The van der Waals surface area contributed by atoms with E-state index in [0.29, 0.717) is 16.0 Å². The number of fused-ring (bicyclic) bond motifs is 1. The van der Waals surface area contributed by atoms with E-state index < -0.39 is 27.5 Å². The second-order valence-corrected chi connectivity index (χ2v) is 9.88. The predicted octanol–water partition coefficient (Wildman–Crippen LogP) is 2.70. The highest BCUT2D eigenvalue weighted by molar-refractivity contribution is 7.91. The zero-order valence-electron chi connectivity index (χ0n) is 17.4. The number of hydrogen-bond acceptors (Lipinski definition) is 7. The molecule has 170 valence electrons. The van der Waals surface area contributed by atoms with Crippen molar-refractivity contribution in [2.24, 2.45) is 4.99 Å². The molecule has 0 spiro atoms. The van der Waals surface area contributed by atoms with Crippen LogP contribution in [0.3, 0.4) is 0 Å². The lowest BCUT2D eigenvalue weighted by Crippen LogP contribution is -2.22. The summed E-state index contributed by atoms with van der Waals surface area (Å²) in [4.78, 5) is 28.5. The average Bonchev–Trinajstić information content (AvgIpc) is 3.09. The lowest BCUT2D eigenvalue weighted by atomic mass is 10.3. The SMILES string of the molecule is COC(=O)Cn1c(=NC(=O)CCCS(=O)(=O)c2ccc(OC)cc2)sc2cc(F)ccc21. The van der Waals surface area contributed by atoms with Crippen LogP contribution in [0.5, 0.6) is 5.75 Å². The van der Waals surface area contributed by atoms with Gasteiger partial charge in [0.15, 0.2) is 14.6 Å². The van der Waals surface area contributed by atoms with Crippen molar-refractivity contribution in [3.8, 4) is 5.75 Å². The maximum atomic E-state index is 13.6. The fraction of sp³-hybridized carbons (Fsp3) is 0.286. The molecule has 0 aliphatic carbocycles. The van der Waals surface area contributed by atoms with E-state index >= 15 is 0 Å². The van der Waals surface area contributed by atoms with Gasteiger partial charge in [0.1, 0.15) is 18.1 Å². The molecule has 2 aromatic carbocycles. The Morgan fingerprint density at radius 2 is 1.84 bits per heavy atom. The summed E-state index contributed by atoms with van der Waals surface area (Å²) in [6, 6.07) is 10.0. The first kappa shape index (κ1) is 23.6. The highest BCUT2D eigenvalue weighted by atomic mass is 32.2. The average molecular weight is 481 g/mol. The van der Waals surface area contributed by atoms with Gasteiger partial charge in [0, 0.05) is 6.42 Å². The third kappa shape index (κ3) is 5.60. The fourth-order valence-corrected chi connectivity index (χ4v) is 5.34. The molecule has 0 atom stereocenters. The molecular weight excluding hydrogens is 459 g/mol. The van der Waals surface area contributed by atoms with Gasteiger partial charge in [0.25, 0.3) is 0 Å². The molecule has 11 heteroatoms. The van der Waals surface area contributed by atoms with Gasteiger partial charge in [-0.15, -0.1) is 0 Å². The number of amides is 1. The normalized spacial score (nSPS) is 12.2. The number of thiazole rings is 1. The molecule has 1 heterocycles. The molecule has 8 nitrogen and oxygen atoms in total. The second kappa shape index (κ2) is 10.0. The number of ether oxygens (including phenoxy) is 2. The predicted molar refractivity (Wildman–Crippen MR) is 117 cm³/mol. The third-order valence-electron chi connectivity index (χ3n) is 4.60. The number of rotatable bonds is 8. The molecule has 0 unspecified atom stereocenters. The molecule has 1 aromatic heterocycles. The summed E-state index contributed by atoms with van der Waals surface area (Å²) >= 11 is 1.06. The number of esters is 1. The van der Waals surface area contributed by atoms with Crippen LogP contribution >= 0.6 is 11.3 Å². The van der Waals surface area contributed by atoms with Gasteiger partial charge in [-0.2, -0.15) is 4.99 Å². The monoisotopic (exact) mass is 480 g/mol. The molecule has 0 aliphatic heterocycles. The first-order chi connectivity index (χ1) is 15.2. The first-order valence-corrected chi connectivity index (χ1v) is 12.0. The van der Waals surface area contributed by atoms with Crippen LogP contribution < -0.4 is 9.54 Å². The molecule has 0 bridgehead atoms. The Hall–Kier alpha value is -3.05. The Balaban J connectivity index is 1.76. The number of carbonyl (C=O) groups excluding carboxylic acids is 2. The number of sulfone groups is 1. The summed E-state index contributed by atoms with van der Waals surface area (Å²) in [5.74, 6) is -1.22. The smallest absolute Gasteiger partial charge is 0.325 e. The molecule has 3 aromatic rings. The number of aromatic nitrogens is 1. The largest absolute Gasteiger partial charge is 0.497 e. The molecular formula is C21H21FN2O6S2. The van der Waals surface area contributed by atoms with Crippen molar-refractivity contribution in [2.45, 2.75) is 24.3 Å². The van der Waals surface area contributed by atoms with Crippen LogP contribution in [0.15, 0.2) is 52.4 Å². The van der Waals surface area contributed by atoms with Crippen LogP contribution in [-0.2, 0) is 30.7 Å². The number of nitrogens with zero attached hydrogens (tertiary/aromatic N) is 2. The molecule has 0 saturated heterocycles. The number of hydrogen-bond donors (Lipinski definition) is 0. The highest BCUT2D eigenvalue weighted by Crippen LogP contribution is 2.20. The van der Waals surface area contributed by atoms with E-state index in [4.69, 9.17) is 4.74 Å². The fourth-order valence-electron chi connectivity index (χ4n) is 2.96. The summed E-state index contributed by atoms with van der Waals surface area (Å²) < 4.78 is 50.2. The topological polar surface area (TPSA) is 104 Å². The molecule has 0 saturated carbocycles. The van der Waals surface area contributed by atoms with Crippen molar-refractivity contribution in [2.75, 3.05) is 20.0 Å². The molecule has 0 fully saturated rings. The number of benzene rings is 2. The van der Waals surface area contributed by atoms with Gasteiger partial charge < -0.3 is 14.0 Å². The lowest BCUT2D eigenvalue weighted by molar-refractivity contribution is -0.141. The summed E-state index contributed by atoms with van der Waals surface area (Å²) in [5.41, 5.74) is 0.537. The van der Waals surface area contributed by atoms with E-state index in [1.54, 1.807) is 12.1 Å². The minimum atomic E-state index is -3.56. The van der Waals surface area contributed by atoms with E-state index in [2.05, 4.69) is 9.73 Å². The van der Waals surface area contributed by atoms with Crippen molar-refractivity contribution in [3.63, 3.8) is 0 Å². The third-order valence-corrected chi connectivity index (χ3v) is 7.46. The quantitative estimate of drug-likeness (QED) is 0.459. The second-order valence-electron chi connectivity index (χ2n) is 6.76. The van der Waals surface area contributed by atoms with Crippen molar-refractivity contribution in [1.82, 2.24) is 4.57 Å². The zero-order chi connectivity index (χ0) is 23.3. The van der Waals surface area contributed by atoms with Crippen LogP contribution in [0.2, 0.25) is 0 Å². The zero-order valence-corrected chi connectivity index (χ0v) is 19.0. The lowest BCUT2D eigenvalue weighted by Gasteiger charge is -2.05. The van der Waals surface area contributed by atoms with Crippen LogP contribution in [0, 0.1) is 5.82 Å². The Morgan fingerprint density at radius 1 is 1.12 bits per heavy atom. The molecule has 3 rings (SSSR count). The van der Waals surface area contributed by atoms with E-state index in [-0.39, 0.29) is 34.8 Å². The number of methoxy groups -OCH3 is 2. The molecule has 1 amide bonds. The van der Waals surface area contributed by atoms with Gasteiger partial charge in [-0.25, -0.2) is 12.8 Å². The summed E-state index contributed by atoms with van der Waals surface area (Å²) in [7, 11) is -0.836. The first-order valence-electron chi connectivity index (χ1n) is 9.53. The van der Waals surface area contributed by atoms with Gasteiger partial charge in [0.05, 0.1) is 35.1 Å². The summed E-state index contributed by atoms with van der Waals surface area (Å²) in [6.45, 7) is -0.194. The Morgan fingerprint density at radius 3 is 2.50 bits per heavy atom. The number of carbonyl (C=O) groups is 2. The van der Waals surface area contributed by atoms with Gasteiger partial charge >= 0.3 is 5.97 Å². The van der Waals surface area contributed by atoms with Gasteiger partial charge in [-0.05, 0) is 48.9 Å². The van der Waals surface area contributed by atoms with Crippen molar-refractivity contribution in [1.29, 1.82) is 0 Å². The van der Waals surface area contributed by atoms with E-state index in [9.17, 15) is 22.4 Å². The van der Waals surface area contributed by atoms with E-state index in [1.165, 1.54) is 49.1 Å². The standard InChI is InChI=1S/C21H21FN2O6S2/c1-29-15-6-8-16(9-7-15)32(27,28)11-3-4-19(25)23-21-24(13-20(26)30-2)17-10-5-14(22)12-18(17)31-21/h5-10,12H,3-4,11,13H2,1-2H3. The van der Waals surface area contributed by atoms with Crippen molar-refractivity contribution >= 4 is 43.3 Å². The minimum absolute atomic E-state index is 0.0766. The molecule has 32 heavy (non-hydrogen) atoms. The maximum Gasteiger partial charge on any atom is 0.325 e. The highest BCUT2D eigenvalue weighted by Gasteiger charge is 2.16. The van der Waals surface area contributed by atoms with Gasteiger partial charge in [-0.3, -0.25) is 9.59 Å². The Bertz CT molecular complexity index is 1310. The summed E-state index contributed by atoms with van der Waals surface area (Å²) in [5, 5.41) is 0. The van der Waals surface area contributed by atoms with E-state index in [1.807, 2.05) is 0 Å². The van der Waals surface area contributed by atoms with Crippen molar-refractivity contribution in [3.05, 3.63) is 53.1 Å². The van der Waals surface area contributed by atoms with Gasteiger partial charge in [0.2, 0.25) is 5.91 Å². The van der Waals surface area contributed by atoms with Gasteiger partial charge in [-0.1, -0.05) is 11.3 Å². The summed E-state index contributed by atoms with van der Waals surface area (Å²) in [6.07, 6.45) is -0.0244. The Kier molecular flexibility index (Phi) is 7.41. The van der Waals surface area contributed by atoms with Crippen LogP contribution in [-0.4, -0.2) is 44.8 Å². The maximum absolute atomic E-state index is 13.6. The van der Waals surface area contributed by atoms with E-state index in [0.717, 1.165) is 11.3 Å². The number of halogens is 1. The van der Waals surface area contributed by atoms with Crippen LogP contribution in [0.1, 0.15) is 12.8 Å². The van der Waals surface area contributed by atoms with Crippen molar-refractivity contribution < 1.29 is 31.9 Å². The minimum Gasteiger partial charge on any atom is -0.497 e.